The fourth-order valence-electron chi connectivity index (χ4n) is 10.6. The fraction of sp³-hybridized carbons (Fsp3) is 0.0492. The van der Waals surface area contributed by atoms with E-state index >= 15 is 0 Å². The van der Waals surface area contributed by atoms with E-state index in [0.717, 1.165) is 66.5 Å². The Morgan fingerprint density at radius 1 is 0.359 bits per heavy atom. The molecule has 12 aromatic rings. The summed E-state index contributed by atoms with van der Waals surface area (Å²) in [7, 11) is 0. The van der Waals surface area contributed by atoms with Gasteiger partial charge in [0.1, 0.15) is 11.2 Å². The Hall–Kier alpha value is -8.14. The average molecular weight is 817 g/mol. The number of furan rings is 1. The van der Waals surface area contributed by atoms with Crippen molar-refractivity contribution in [2.45, 2.75) is 19.3 Å². The highest BCUT2D eigenvalue weighted by Gasteiger charge is 2.37. The number of hydrogen-bond donors (Lipinski definition) is 0. The van der Waals surface area contributed by atoms with Gasteiger partial charge < -0.3 is 4.42 Å². The average Bonchev–Trinajstić information content (AvgIpc) is 3.85. The maximum absolute atomic E-state index is 6.55. The van der Waals surface area contributed by atoms with Crippen molar-refractivity contribution in [2.75, 3.05) is 0 Å². The van der Waals surface area contributed by atoms with E-state index < -0.39 is 0 Å². The largest absolute Gasteiger partial charge is 0.456 e. The Morgan fingerprint density at radius 3 is 1.77 bits per heavy atom. The van der Waals surface area contributed by atoms with Crippen molar-refractivity contribution in [3.63, 3.8) is 0 Å². The van der Waals surface area contributed by atoms with Gasteiger partial charge in [0.25, 0.3) is 0 Å². The molecule has 3 heteroatoms. The summed E-state index contributed by atoms with van der Waals surface area (Å²) in [6, 6.07) is 74.1. The number of fused-ring (bicyclic) bond motifs is 10. The monoisotopic (exact) mass is 816 g/mol. The predicted molar refractivity (Wildman–Crippen MR) is 267 cm³/mol. The molecule has 0 saturated heterocycles. The normalized spacial score (nSPS) is 13.0. The van der Waals surface area contributed by atoms with Crippen molar-refractivity contribution < 1.29 is 4.42 Å². The van der Waals surface area contributed by atoms with Crippen molar-refractivity contribution in [2.24, 2.45) is 0 Å². The van der Waals surface area contributed by atoms with Gasteiger partial charge in [-0.1, -0.05) is 190 Å². The number of aromatic nitrogens is 2. The Balaban J connectivity index is 1.02. The smallest absolute Gasteiger partial charge is 0.160 e. The second-order valence-corrected chi connectivity index (χ2v) is 17.6. The van der Waals surface area contributed by atoms with Crippen LogP contribution in [0.2, 0.25) is 0 Å². The molecule has 0 saturated carbocycles. The van der Waals surface area contributed by atoms with Crippen LogP contribution < -0.4 is 0 Å². The van der Waals surface area contributed by atoms with Gasteiger partial charge in [-0.2, -0.15) is 0 Å². The minimum absolute atomic E-state index is 0.133. The molecule has 1 aliphatic carbocycles. The zero-order valence-electron chi connectivity index (χ0n) is 35.4. The first-order chi connectivity index (χ1) is 31.5. The number of nitrogens with zero attached hydrogens (tertiary/aromatic N) is 2. The van der Waals surface area contributed by atoms with Crippen LogP contribution in [0.15, 0.2) is 211 Å². The molecule has 10 aromatic carbocycles. The van der Waals surface area contributed by atoms with E-state index in [1.807, 2.05) is 6.07 Å². The molecule has 3 nitrogen and oxygen atoms in total. The van der Waals surface area contributed by atoms with Crippen molar-refractivity contribution in [3.8, 4) is 67.3 Å². The lowest BCUT2D eigenvalue weighted by Crippen LogP contribution is -2.14. The maximum Gasteiger partial charge on any atom is 0.160 e. The van der Waals surface area contributed by atoms with Gasteiger partial charge in [-0.3, -0.25) is 0 Å². The van der Waals surface area contributed by atoms with Crippen molar-refractivity contribution in [3.05, 3.63) is 217 Å². The molecule has 0 N–H and O–H groups in total. The Morgan fingerprint density at radius 2 is 0.953 bits per heavy atom. The van der Waals surface area contributed by atoms with Crippen LogP contribution in [0.4, 0.5) is 0 Å². The summed E-state index contributed by atoms with van der Waals surface area (Å²) in [5, 5.41) is 9.47. The van der Waals surface area contributed by atoms with Crippen LogP contribution in [0, 0.1) is 0 Å². The van der Waals surface area contributed by atoms with Crippen molar-refractivity contribution in [1.29, 1.82) is 0 Å². The second-order valence-electron chi connectivity index (χ2n) is 17.6. The van der Waals surface area contributed by atoms with Gasteiger partial charge in [-0.15, -0.1) is 0 Å². The molecule has 64 heavy (non-hydrogen) atoms. The van der Waals surface area contributed by atoms with Crippen LogP contribution in [0.25, 0.3) is 122 Å². The molecule has 300 valence electrons. The van der Waals surface area contributed by atoms with Crippen LogP contribution >= 0.6 is 0 Å². The SMILES string of the molecule is CC1(C)c2cc3ccccc3cc2-c2c(-c3ccc(-c4cc(-c5ccccc5-c5cccc6oc7ccc8ccccc8c7c56)nc(-c5ccccc5)n4)c4ccccc34)cccc21. The molecule has 0 amide bonds. The summed E-state index contributed by atoms with van der Waals surface area (Å²) >= 11 is 0. The zero-order chi connectivity index (χ0) is 42.5. The summed E-state index contributed by atoms with van der Waals surface area (Å²) in [4.78, 5) is 10.8. The summed E-state index contributed by atoms with van der Waals surface area (Å²) in [6.45, 7) is 4.73. The Kier molecular flexibility index (Phi) is 7.95. The number of rotatable bonds is 5. The van der Waals surface area contributed by atoms with E-state index in [2.05, 4.69) is 214 Å². The molecule has 0 fully saturated rings. The topological polar surface area (TPSA) is 38.9 Å². The molecule has 0 bridgehead atoms. The minimum atomic E-state index is -0.133. The lowest BCUT2D eigenvalue weighted by atomic mass is 9.81. The van der Waals surface area contributed by atoms with Crippen LogP contribution in [0.3, 0.4) is 0 Å². The molecular weight excluding hydrogens is 777 g/mol. The van der Waals surface area contributed by atoms with Crippen LogP contribution in [0.5, 0.6) is 0 Å². The van der Waals surface area contributed by atoms with Gasteiger partial charge >= 0.3 is 0 Å². The molecule has 0 spiro atoms. The standard InChI is InChI=1S/C61H40N2O/c1-61(2)51-28-14-26-48(57(51)50-34-39-19-6-7-20-40(39)35-52(50)61)45-31-32-47(43-23-11-10-22-42(43)45)54-36-53(62-60(63-54)38-17-4-3-5-18-38)46-25-13-12-24-44(46)49-27-15-29-55-59(49)58-41-21-9-8-16-37(41)30-33-56(58)64-55/h3-36H,1-2H3. The van der Waals surface area contributed by atoms with Crippen molar-refractivity contribution in [1.82, 2.24) is 9.97 Å². The van der Waals surface area contributed by atoms with Gasteiger partial charge in [0.2, 0.25) is 0 Å². The lowest BCUT2D eigenvalue weighted by molar-refractivity contribution is 0.661. The van der Waals surface area contributed by atoms with E-state index in [-0.39, 0.29) is 5.41 Å². The first-order valence-electron chi connectivity index (χ1n) is 22.1. The molecule has 2 heterocycles. The van der Waals surface area contributed by atoms with E-state index in [1.54, 1.807) is 0 Å². The highest BCUT2D eigenvalue weighted by molar-refractivity contribution is 6.23. The van der Waals surface area contributed by atoms with Crippen LogP contribution in [-0.2, 0) is 5.41 Å². The highest BCUT2D eigenvalue weighted by Crippen LogP contribution is 2.54. The summed E-state index contributed by atoms with van der Waals surface area (Å²) < 4.78 is 6.55. The van der Waals surface area contributed by atoms with Gasteiger partial charge in [-0.05, 0) is 107 Å². The lowest BCUT2D eigenvalue weighted by Gasteiger charge is -2.22. The van der Waals surface area contributed by atoms with Crippen LogP contribution in [-0.4, -0.2) is 9.97 Å². The van der Waals surface area contributed by atoms with Crippen molar-refractivity contribution >= 4 is 54.3 Å². The van der Waals surface area contributed by atoms with E-state index in [4.69, 9.17) is 14.4 Å². The molecular formula is C61H40N2O. The molecule has 1 aliphatic rings. The summed E-state index contributed by atoms with van der Waals surface area (Å²) in [6.07, 6.45) is 0. The molecule has 0 aliphatic heterocycles. The van der Waals surface area contributed by atoms with Crippen LogP contribution in [0.1, 0.15) is 25.0 Å². The number of benzene rings is 10. The first-order valence-corrected chi connectivity index (χ1v) is 22.1. The maximum atomic E-state index is 6.55. The third-order valence-electron chi connectivity index (χ3n) is 13.7. The van der Waals surface area contributed by atoms with Gasteiger partial charge in [-0.25, -0.2) is 9.97 Å². The molecule has 13 rings (SSSR count). The predicted octanol–water partition coefficient (Wildman–Crippen LogP) is 16.5. The molecule has 0 radical (unpaired) electrons. The van der Waals surface area contributed by atoms with Gasteiger partial charge in [0.15, 0.2) is 5.82 Å². The third-order valence-corrected chi connectivity index (χ3v) is 13.7. The molecule has 2 aromatic heterocycles. The second kappa shape index (κ2) is 13.9. The van der Waals surface area contributed by atoms with E-state index in [9.17, 15) is 0 Å². The molecule has 0 unspecified atom stereocenters. The third kappa shape index (κ3) is 5.47. The number of hydrogen-bond acceptors (Lipinski definition) is 3. The van der Waals surface area contributed by atoms with E-state index in [1.165, 1.54) is 60.3 Å². The molecule has 0 atom stereocenters. The fourth-order valence-corrected chi connectivity index (χ4v) is 10.6. The highest BCUT2D eigenvalue weighted by atomic mass is 16.3. The Labute approximate surface area is 371 Å². The summed E-state index contributed by atoms with van der Waals surface area (Å²) in [5.74, 6) is 0.681. The van der Waals surface area contributed by atoms with Gasteiger partial charge in [0, 0.05) is 32.9 Å². The van der Waals surface area contributed by atoms with Gasteiger partial charge in [0.05, 0.1) is 11.4 Å². The zero-order valence-corrected chi connectivity index (χ0v) is 35.4. The van der Waals surface area contributed by atoms with E-state index in [0.29, 0.717) is 5.82 Å². The Bertz CT molecular complexity index is 3880. The first kappa shape index (κ1) is 36.5. The minimum Gasteiger partial charge on any atom is -0.456 e. The summed E-state index contributed by atoms with van der Waals surface area (Å²) in [5.41, 5.74) is 16.4. The quantitative estimate of drug-likeness (QED) is 0.174.